The Balaban J connectivity index is 1.30. The van der Waals surface area contributed by atoms with Gasteiger partial charge < -0.3 is 19.7 Å². The Hall–Kier alpha value is -2.93. The summed E-state index contributed by atoms with van der Waals surface area (Å²) in [4.78, 5) is 4.22. The van der Waals surface area contributed by atoms with Crippen LogP contribution in [0.1, 0.15) is 37.8 Å². The smallest absolute Gasteiger partial charge is 0.233 e. The van der Waals surface area contributed by atoms with Gasteiger partial charge in [-0.3, -0.25) is 0 Å². The summed E-state index contributed by atoms with van der Waals surface area (Å²) in [6, 6.07) is 10.3. The van der Waals surface area contributed by atoms with Crippen molar-refractivity contribution >= 4 is 0 Å². The zero-order chi connectivity index (χ0) is 19.8. The van der Waals surface area contributed by atoms with Gasteiger partial charge >= 0.3 is 0 Å². The molecule has 2 bridgehead atoms. The van der Waals surface area contributed by atoms with Gasteiger partial charge in [-0.15, -0.1) is 10.2 Å². The summed E-state index contributed by atoms with van der Waals surface area (Å²) < 4.78 is 7.98. The highest BCUT2D eigenvalue weighted by Gasteiger charge is 2.32. The van der Waals surface area contributed by atoms with Crippen LogP contribution in [0.4, 0.5) is 0 Å². The molecular weight excluding hydrogens is 366 g/mol. The number of benzene rings is 1. The second-order valence-corrected chi connectivity index (χ2v) is 8.08. The molecule has 1 aromatic carbocycles. The molecule has 3 aromatic rings. The minimum absolute atomic E-state index is 0.156. The molecule has 2 saturated heterocycles. The number of ether oxygens (including phenoxy) is 1. The zero-order valence-electron chi connectivity index (χ0n) is 16.5. The number of piperidine rings is 2. The summed E-state index contributed by atoms with van der Waals surface area (Å²) in [6.07, 6.45) is 9.65. The fourth-order valence-electron chi connectivity index (χ4n) is 4.47. The maximum absolute atomic E-state index is 10.5. The van der Waals surface area contributed by atoms with E-state index in [0.29, 0.717) is 29.2 Å². The number of nitrogens with one attached hydrogen (secondary N) is 1. The number of phenolic OH excluding ortho intramolecular Hbond substituents is 1. The molecular formula is C22H25N5O2. The lowest BCUT2D eigenvalue weighted by Crippen LogP contribution is -2.51. The molecule has 5 rings (SSSR count). The first-order chi connectivity index (χ1) is 14.1. The van der Waals surface area contributed by atoms with Crippen molar-refractivity contribution in [3.63, 3.8) is 0 Å². The van der Waals surface area contributed by atoms with E-state index in [-0.39, 0.29) is 11.9 Å². The minimum atomic E-state index is 0.156. The van der Waals surface area contributed by atoms with Gasteiger partial charge in [0.25, 0.3) is 0 Å². The SMILES string of the molecule is Cc1cn(-c2ccc(-c3ccc(OC4C[C@H]5CCC[C@@H](C4)N5)nn3)c(O)c2)cn1. The van der Waals surface area contributed by atoms with Crippen molar-refractivity contribution in [1.29, 1.82) is 0 Å². The second-order valence-electron chi connectivity index (χ2n) is 8.08. The number of nitrogens with zero attached hydrogens (tertiary/aromatic N) is 4. The first-order valence-corrected chi connectivity index (χ1v) is 10.2. The van der Waals surface area contributed by atoms with Gasteiger partial charge in [0.1, 0.15) is 11.9 Å². The van der Waals surface area contributed by atoms with Gasteiger partial charge in [0.05, 0.1) is 23.4 Å². The third-order valence-corrected chi connectivity index (χ3v) is 5.87. The van der Waals surface area contributed by atoms with Gasteiger partial charge in [-0.25, -0.2) is 4.98 Å². The average molecular weight is 391 g/mol. The molecule has 0 aliphatic carbocycles. The molecule has 2 aliphatic heterocycles. The Morgan fingerprint density at radius 3 is 2.59 bits per heavy atom. The van der Waals surface area contributed by atoms with Gasteiger partial charge in [-0.1, -0.05) is 6.42 Å². The van der Waals surface area contributed by atoms with Crippen LogP contribution in [0.5, 0.6) is 11.6 Å². The van der Waals surface area contributed by atoms with E-state index in [1.807, 2.05) is 42.0 Å². The lowest BCUT2D eigenvalue weighted by atomic mass is 9.85. The van der Waals surface area contributed by atoms with Gasteiger partial charge in [0, 0.05) is 36.0 Å². The maximum Gasteiger partial charge on any atom is 0.233 e. The van der Waals surface area contributed by atoms with Crippen LogP contribution in [0.25, 0.3) is 16.9 Å². The third kappa shape index (κ3) is 3.82. The number of aryl methyl sites for hydroxylation is 1. The Bertz CT molecular complexity index is 989. The van der Waals surface area contributed by atoms with E-state index < -0.39 is 0 Å². The monoisotopic (exact) mass is 391 g/mol. The third-order valence-electron chi connectivity index (χ3n) is 5.87. The number of phenols is 1. The second kappa shape index (κ2) is 7.48. The van der Waals surface area contributed by atoms with Gasteiger partial charge in [-0.2, -0.15) is 0 Å². The number of aromatic hydroxyl groups is 1. The lowest BCUT2D eigenvalue weighted by molar-refractivity contribution is 0.0881. The quantitative estimate of drug-likeness (QED) is 0.709. The molecule has 3 atom stereocenters. The van der Waals surface area contributed by atoms with Crippen molar-refractivity contribution < 1.29 is 9.84 Å². The van der Waals surface area contributed by atoms with Crippen molar-refractivity contribution in [3.8, 4) is 28.6 Å². The first-order valence-electron chi connectivity index (χ1n) is 10.2. The number of aromatic nitrogens is 4. The van der Waals surface area contributed by atoms with E-state index in [9.17, 15) is 5.11 Å². The summed E-state index contributed by atoms with van der Waals surface area (Å²) in [5.74, 6) is 0.701. The topological polar surface area (TPSA) is 85.1 Å². The summed E-state index contributed by atoms with van der Waals surface area (Å²) in [5.41, 5.74) is 3.02. The summed E-state index contributed by atoms with van der Waals surface area (Å²) in [7, 11) is 0. The molecule has 1 unspecified atom stereocenters. The molecule has 2 aliphatic rings. The average Bonchev–Trinajstić information content (AvgIpc) is 3.15. The normalized spacial score (nSPS) is 23.7. The molecule has 29 heavy (non-hydrogen) atoms. The van der Waals surface area contributed by atoms with E-state index in [1.54, 1.807) is 12.4 Å². The highest BCUT2D eigenvalue weighted by atomic mass is 16.5. The molecule has 0 saturated carbocycles. The highest BCUT2D eigenvalue weighted by molar-refractivity contribution is 5.68. The van der Waals surface area contributed by atoms with Crippen LogP contribution in [0.3, 0.4) is 0 Å². The van der Waals surface area contributed by atoms with Gasteiger partial charge in [-0.05, 0) is 50.8 Å². The maximum atomic E-state index is 10.5. The van der Waals surface area contributed by atoms with E-state index in [2.05, 4.69) is 20.5 Å². The fourth-order valence-corrected chi connectivity index (χ4v) is 4.47. The first kappa shape index (κ1) is 18.1. The number of rotatable bonds is 4. The van der Waals surface area contributed by atoms with Crippen LogP contribution < -0.4 is 10.1 Å². The molecule has 0 amide bonds. The van der Waals surface area contributed by atoms with Crippen molar-refractivity contribution in [2.24, 2.45) is 0 Å². The van der Waals surface area contributed by atoms with Crippen molar-refractivity contribution in [2.75, 3.05) is 0 Å². The zero-order valence-corrected chi connectivity index (χ0v) is 16.5. The molecule has 150 valence electrons. The van der Waals surface area contributed by atoms with Crippen LogP contribution in [0, 0.1) is 6.92 Å². The molecule has 7 heteroatoms. The van der Waals surface area contributed by atoms with E-state index >= 15 is 0 Å². The summed E-state index contributed by atoms with van der Waals surface area (Å²) in [5, 5.41) is 22.7. The van der Waals surface area contributed by atoms with Crippen molar-refractivity contribution in [3.05, 3.63) is 48.5 Å². The van der Waals surface area contributed by atoms with Crippen molar-refractivity contribution in [1.82, 2.24) is 25.1 Å². The Morgan fingerprint density at radius 2 is 1.93 bits per heavy atom. The fraction of sp³-hybridized carbons (Fsp3) is 0.409. The number of imidazole rings is 1. The van der Waals surface area contributed by atoms with Crippen LogP contribution >= 0.6 is 0 Å². The standard InChI is InChI=1S/C22H25N5O2/c1-14-12-27(13-23-14)17-5-6-19(21(28)11-17)20-7-8-22(26-25-20)29-18-9-15-3-2-4-16(10-18)24-15/h5-8,11-13,15-16,18,24,28H,2-4,9-10H2,1H3/t15-,16+,18?. The molecule has 2 N–H and O–H groups in total. The van der Waals surface area contributed by atoms with Crippen molar-refractivity contribution in [2.45, 2.75) is 57.2 Å². The molecule has 4 heterocycles. The number of hydrogen-bond acceptors (Lipinski definition) is 6. The van der Waals surface area contributed by atoms with E-state index in [4.69, 9.17) is 4.74 Å². The van der Waals surface area contributed by atoms with Gasteiger partial charge in [0.2, 0.25) is 5.88 Å². The summed E-state index contributed by atoms with van der Waals surface area (Å²) in [6.45, 7) is 1.93. The van der Waals surface area contributed by atoms with E-state index in [1.165, 1.54) is 19.3 Å². The molecule has 0 spiro atoms. The number of fused-ring (bicyclic) bond motifs is 2. The lowest BCUT2D eigenvalue weighted by Gasteiger charge is -2.39. The van der Waals surface area contributed by atoms with Gasteiger partial charge in [0.15, 0.2) is 0 Å². The number of hydrogen-bond donors (Lipinski definition) is 2. The predicted octanol–water partition coefficient (Wildman–Crippen LogP) is 3.40. The summed E-state index contributed by atoms with van der Waals surface area (Å²) >= 11 is 0. The largest absolute Gasteiger partial charge is 0.507 e. The van der Waals surface area contributed by atoms with Crippen LogP contribution in [0.15, 0.2) is 42.9 Å². The Kier molecular flexibility index (Phi) is 4.67. The van der Waals surface area contributed by atoms with Crippen LogP contribution in [0.2, 0.25) is 0 Å². The predicted molar refractivity (Wildman–Crippen MR) is 109 cm³/mol. The minimum Gasteiger partial charge on any atom is -0.507 e. The molecule has 2 fully saturated rings. The molecule has 0 radical (unpaired) electrons. The van der Waals surface area contributed by atoms with E-state index in [0.717, 1.165) is 24.2 Å². The Labute approximate surface area is 169 Å². The Morgan fingerprint density at radius 1 is 1.10 bits per heavy atom. The van der Waals surface area contributed by atoms with Crippen LogP contribution in [-0.4, -0.2) is 43.0 Å². The van der Waals surface area contributed by atoms with Crippen LogP contribution in [-0.2, 0) is 0 Å². The molecule has 7 nitrogen and oxygen atoms in total. The molecule has 2 aromatic heterocycles. The highest BCUT2D eigenvalue weighted by Crippen LogP contribution is 2.31.